The Morgan fingerprint density at radius 2 is 1.92 bits per heavy atom. The maximum Gasteiger partial charge on any atom is 0.0705 e. The Labute approximate surface area is 72.0 Å². The van der Waals surface area contributed by atoms with Gasteiger partial charge < -0.3 is 16.6 Å². The van der Waals surface area contributed by atoms with Crippen LogP contribution in [0.3, 0.4) is 0 Å². The minimum absolute atomic E-state index is 0.397. The molecule has 0 bridgehead atoms. The van der Waals surface area contributed by atoms with E-state index in [0.29, 0.717) is 5.69 Å². The Hall–Kier alpha value is -1.06. The van der Waals surface area contributed by atoms with Crippen LogP contribution in [0.2, 0.25) is 0 Å². The van der Waals surface area contributed by atoms with Gasteiger partial charge in [-0.1, -0.05) is 18.2 Å². The number of aliphatic hydroxyl groups is 1. The quantitative estimate of drug-likeness (QED) is 0.565. The number of anilines is 1. The van der Waals surface area contributed by atoms with Crippen molar-refractivity contribution in [3.05, 3.63) is 29.8 Å². The van der Waals surface area contributed by atoms with Crippen molar-refractivity contribution < 1.29 is 5.11 Å². The minimum atomic E-state index is -0.574. The van der Waals surface area contributed by atoms with Gasteiger partial charge in [0.15, 0.2) is 0 Å². The molecular formula is C9H14N2O. The molecule has 0 aromatic heterocycles. The van der Waals surface area contributed by atoms with E-state index in [1.165, 1.54) is 0 Å². The third-order valence-electron chi connectivity index (χ3n) is 1.87. The van der Waals surface area contributed by atoms with E-state index in [9.17, 15) is 5.11 Å². The zero-order valence-electron chi connectivity index (χ0n) is 7.07. The number of nitrogen functional groups attached to an aromatic ring is 1. The molecule has 1 aromatic rings. The predicted molar refractivity (Wildman–Crippen MR) is 49.5 cm³/mol. The highest BCUT2D eigenvalue weighted by atomic mass is 16.3. The fraction of sp³-hybridized carbons (Fsp3) is 0.333. The molecule has 0 aliphatic rings. The molecule has 0 aliphatic carbocycles. The first-order valence-corrected chi connectivity index (χ1v) is 3.91. The van der Waals surface area contributed by atoms with Gasteiger partial charge in [-0.3, -0.25) is 0 Å². The molecule has 66 valence electrons. The number of rotatable bonds is 2. The van der Waals surface area contributed by atoms with Crippen LogP contribution in [0.4, 0.5) is 5.69 Å². The summed E-state index contributed by atoms with van der Waals surface area (Å²) in [6.45, 7) is 1.65. The number of hydrogen-bond donors (Lipinski definition) is 3. The van der Waals surface area contributed by atoms with Crippen LogP contribution in [0.25, 0.3) is 0 Å². The summed E-state index contributed by atoms with van der Waals surface area (Å²) in [6, 6.07) is 6.90. The maximum absolute atomic E-state index is 9.22. The first-order chi connectivity index (χ1) is 5.63. The summed E-state index contributed by atoms with van der Waals surface area (Å²) in [6.07, 6.45) is -0.574. The summed E-state index contributed by atoms with van der Waals surface area (Å²) in [5, 5.41) is 9.22. The van der Waals surface area contributed by atoms with E-state index in [4.69, 9.17) is 11.5 Å². The summed E-state index contributed by atoms with van der Waals surface area (Å²) in [4.78, 5) is 0. The van der Waals surface area contributed by atoms with E-state index in [1.54, 1.807) is 13.0 Å². The molecule has 2 atom stereocenters. The van der Waals surface area contributed by atoms with Crippen molar-refractivity contribution in [2.45, 2.75) is 19.1 Å². The van der Waals surface area contributed by atoms with Crippen LogP contribution in [-0.4, -0.2) is 11.2 Å². The van der Waals surface area contributed by atoms with Crippen LogP contribution in [0, 0.1) is 0 Å². The van der Waals surface area contributed by atoms with Gasteiger partial charge in [-0.05, 0) is 18.6 Å². The average Bonchev–Trinajstić information content (AvgIpc) is 2.04. The van der Waals surface area contributed by atoms with Crippen molar-refractivity contribution >= 4 is 5.69 Å². The first-order valence-electron chi connectivity index (χ1n) is 3.91. The van der Waals surface area contributed by atoms with E-state index >= 15 is 0 Å². The second-order valence-electron chi connectivity index (χ2n) is 2.90. The van der Waals surface area contributed by atoms with Crippen LogP contribution < -0.4 is 11.5 Å². The molecule has 0 saturated heterocycles. The Bertz CT molecular complexity index is 260. The second-order valence-corrected chi connectivity index (χ2v) is 2.90. The van der Waals surface area contributed by atoms with Gasteiger partial charge in [0.1, 0.15) is 0 Å². The third-order valence-corrected chi connectivity index (χ3v) is 1.87. The van der Waals surface area contributed by atoms with Crippen molar-refractivity contribution in [1.29, 1.82) is 0 Å². The van der Waals surface area contributed by atoms with E-state index in [2.05, 4.69) is 0 Å². The number of aliphatic hydroxyl groups excluding tert-OH is 1. The van der Waals surface area contributed by atoms with Gasteiger partial charge in [0, 0.05) is 5.69 Å². The second kappa shape index (κ2) is 3.56. The number of para-hydroxylation sites is 1. The standard InChI is InChI=1S/C9H14N2O/c1-6(12)9(11)7-4-2-3-5-8(7)10/h2-6,9,12H,10-11H2,1H3/t6-,9+/m0/s1. The third kappa shape index (κ3) is 1.75. The molecule has 0 aliphatic heterocycles. The molecule has 3 nitrogen and oxygen atoms in total. The summed E-state index contributed by atoms with van der Waals surface area (Å²) in [7, 11) is 0. The molecule has 5 N–H and O–H groups in total. The monoisotopic (exact) mass is 166 g/mol. The van der Waals surface area contributed by atoms with Crippen LogP contribution in [0.1, 0.15) is 18.5 Å². The number of nitrogens with two attached hydrogens (primary N) is 2. The molecule has 1 rings (SSSR count). The first kappa shape index (κ1) is 9.03. The lowest BCUT2D eigenvalue weighted by atomic mass is 10.0. The average molecular weight is 166 g/mol. The van der Waals surface area contributed by atoms with Gasteiger partial charge in [-0.15, -0.1) is 0 Å². The highest BCUT2D eigenvalue weighted by Gasteiger charge is 2.13. The van der Waals surface area contributed by atoms with Crippen LogP contribution in [0.15, 0.2) is 24.3 Å². The zero-order valence-corrected chi connectivity index (χ0v) is 7.07. The van der Waals surface area contributed by atoms with Gasteiger partial charge in [0.2, 0.25) is 0 Å². The SMILES string of the molecule is C[C@H](O)[C@@H](N)c1ccccc1N. The molecule has 3 heteroatoms. The fourth-order valence-corrected chi connectivity index (χ4v) is 1.07. The molecule has 12 heavy (non-hydrogen) atoms. The molecule has 1 aromatic carbocycles. The number of hydrogen-bond acceptors (Lipinski definition) is 3. The van der Waals surface area contributed by atoms with E-state index in [0.717, 1.165) is 5.56 Å². The Balaban J connectivity index is 2.94. The van der Waals surface area contributed by atoms with Crippen molar-refractivity contribution in [2.75, 3.05) is 5.73 Å². The summed E-state index contributed by atoms with van der Waals surface area (Å²) < 4.78 is 0. The fourth-order valence-electron chi connectivity index (χ4n) is 1.07. The van der Waals surface area contributed by atoms with E-state index in [-0.39, 0.29) is 0 Å². The van der Waals surface area contributed by atoms with Crippen LogP contribution in [0.5, 0.6) is 0 Å². The van der Waals surface area contributed by atoms with Crippen molar-refractivity contribution in [1.82, 2.24) is 0 Å². The van der Waals surface area contributed by atoms with Gasteiger partial charge in [0.25, 0.3) is 0 Å². The predicted octanol–water partition coefficient (Wildman–Crippen LogP) is 0.649. The van der Waals surface area contributed by atoms with Crippen LogP contribution >= 0.6 is 0 Å². The molecular weight excluding hydrogens is 152 g/mol. The molecule has 0 fully saturated rings. The lowest BCUT2D eigenvalue weighted by Gasteiger charge is -2.16. The van der Waals surface area contributed by atoms with Gasteiger partial charge in [-0.25, -0.2) is 0 Å². The molecule has 0 spiro atoms. The Morgan fingerprint density at radius 1 is 1.33 bits per heavy atom. The number of benzene rings is 1. The Kier molecular flexibility index (Phi) is 2.68. The van der Waals surface area contributed by atoms with Gasteiger partial charge in [-0.2, -0.15) is 0 Å². The lowest BCUT2D eigenvalue weighted by molar-refractivity contribution is 0.164. The molecule has 0 amide bonds. The normalized spacial score (nSPS) is 15.6. The van der Waals surface area contributed by atoms with Crippen molar-refractivity contribution in [3.8, 4) is 0 Å². The molecule has 0 unspecified atom stereocenters. The smallest absolute Gasteiger partial charge is 0.0705 e. The highest BCUT2D eigenvalue weighted by Crippen LogP contribution is 2.20. The minimum Gasteiger partial charge on any atom is -0.398 e. The van der Waals surface area contributed by atoms with E-state index < -0.39 is 12.1 Å². The van der Waals surface area contributed by atoms with Crippen molar-refractivity contribution in [3.63, 3.8) is 0 Å². The van der Waals surface area contributed by atoms with Crippen molar-refractivity contribution in [2.24, 2.45) is 5.73 Å². The van der Waals surface area contributed by atoms with E-state index in [1.807, 2.05) is 18.2 Å². The van der Waals surface area contributed by atoms with Gasteiger partial charge >= 0.3 is 0 Å². The lowest BCUT2D eigenvalue weighted by Crippen LogP contribution is -2.24. The van der Waals surface area contributed by atoms with Crippen LogP contribution in [-0.2, 0) is 0 Å². The summed E-state index contributed by atoms with van der Waals surface area (Å²) in [5.74, 6) is 0. The van der Waals surface area contributed by atoms with Gasteiger partial charge in [0.05, 0.1) is 12.1 Å². The topological polar surface area (TPSA) is 72.3 Å². The molecule has 0 heterocycles. The maximum atomic E-state index is 9.22. The Morgan fingerprint density at radius 3 is 2.42 bits per heavy atom. The highest BCUT2D eigenvalue weighted by molar-refractivity contribution is 5.48. The summed E-state index contributed by atoms with van der Waals surface area (Å²) in [5.41, 5.74) is 12.8. The largest absolute Gasteiger partial charge is 0.398 e. The molecule has 0 radical (unpaired) electrons. The molecule has 0 saturated carbocycles. The summed E-state index contributed by atoms with van der Waals surface area (Å²) >= 11 is 0. The zero-order chi connectivity index (χ0) is 9.14.